The van der Waals surface area contributed by atoms with Crippen LogP contribution in [-0.2, 0) is 28.8 Å². The molecular weight excluding hydrogens is 444 g/mol. The van der Waals surface area contributed by atoms with Crippen molar-refractivity contribution in [3.8, 4) is 0 Å². The molecule has 0 aliphatic rings. The maximum absolute atomic E-state index is 12.6. The molecule has 32 heavy (non-hydrogen) atoms. The molecule has 5 atom stereocenters. The highest BCUT2D eigenvalue weighted by Crippen LogP contribution is 2.09. The summed E-state index contributed by atoms with van der Waals surface area (Å²) in [6.45, 7) is 3.36. The molecular formula is C18H32N6O7S. The molecule has 0 heterocycles. The van der Waals surface area contributed by atoms with E-state index in [9.17, 15) is 33.9 Å². The molecule has 0 bridgehead atoms. The lowest BCUT2D eigenvalue weighted by Crippen LogP contribution is -2.58. The number of aliphatic carboxylic acids is 1. The van der Waals surface area contributed by atoms with Crippen molar-refractivity contribution in [3.05, 3.63) is 0 Å². The Kier molecular flexibility index (Phi) is 13.0. The van der Waals surface area contributed by atoms with Gasteiger partial charge in [-0.3, -0.25) is 24.0 Å². The van der Waals surface area contributed by atoms with E-state index in [4.69, 9.17) is 17.2 Å². The molecule has 0 aromatic rings. The summed E-state index contributed by atoms with van der Waals surface area (Å²) in [6.07, 6.45) is -0.321. The second-order valence-corrected chi connectivity index (χ2v) is 7.66. The summed E-state index contributed by atoms with van der Waals surface area (Å²) in [5, 5.41) is 16.2. The van der Waals surface area contributed by atoms with Crippen molar-refractivity contribution in [2.75, 3.05) is 5.75 Å². The fourth-order valence-corrected chi connectivity index (χ4v) is 2.78. The first-order chi connectivity index (χ1) is 14.8. The highest BCUT2D eigenvalue weighted by atomic mass is 32.1. The second-order valence-electron chi connectivity index (χ2n) is 7.30. The number of rotatable bonds is 15. The van der Waals surface area contributed by atoms with Gasteiger partial charge in [-0.25, -0.2) is 4.79 Å². The third-order valence-corrected chi connectivity index (χ3v) is 5.03. The van der Waals surface area contributed by atoms with Crippen LogP contribution in [0.25, 0.3) is 0 Å². The van der Waals surface area contributed by atoms with E-state index in [-0.39, 0.29) is 18.6 Å². The largest absolute Gasteiger partial charge is 0.480 e. The van der Waals surface area contributed by atoms with Crippen LogP contribution < -0.4 is 33.2 Å². The van der Waals surface area contributed by atoms with Crippen LogP contribution in [0.2, 0.25) is 0 Å². The van der Waals surface area contributed by atoms with Crippen LogP contribution in [0.4, 0.5) is 0 Å². The first-order valence-electron chi connectivity index (χ1n) is 9.90. The van der Waals surface area contributed by atoms with Gasteiger partial charge >= 0.3 is 5.97 Å². The minimum atomic E-state index is -1.48. The molecule has 0 spiro atoms. The smallest absolute Gasteiger partial charge is 0.326 e. The topological polar surface area (TPSA) is 237 Å². The van der Waals surface area contributed by atoms with Crippen molar-refractivity contribution in [2.24, 2.45) is 23.1 Å². The molecule has 0 rings (SSSR count). The zero-order valence-electron chi connectivity index (χ0n) is 18.0. The Morgan fingerprint density at radius 3 is 1.88 bits per heavy atom. The van der Waals surface area contributed by atoms with Crippen molar-refractivity contribution < 1.29 is 33.9 Å². The number of carbonyl (C=O) groups excluding carboxylic acids is 5. The van der Waals surface area contributed by atoms with Crippen LogP contribution >= 0.6 is 12.6 Å². The molecule has 14 heteroatoms. The minimum absolute atomic E-state index is 0.0407. The number of carbonyl (C=O) groups is 6. The maximum atomic E-state index is 12.6. The molecule has 182 valence electrons. The minimum Gasteiger partial charge on any atom is -0.480 e. The zero-order valence-corrected chi connectivity index (χ0v) is 18.9. The molecule has 0 aliphatic carbocycles. The second kappa shape index (κ2) is 14.2. The highest BCUT2D eigenvalue weighted by molar-refractivity contribution is 7.80. The van der Waals surface area contributed by atoms with Gasteiger partial charge in [0.25, 0.3) is 0 Å². The van der Waals surface area contributed by atoms with Gasteiger partial charge in [0.2, 0.25) is 29.5 Å². The van der Waals surface area contributed by atoms with E-state index in [1.165, 1.54) is 0 Å². The molecule has 10 N–H and O–H groups in total. The van der Waals surface area contributed by atoms with E-state index in [1.54, 1.807) is 13.8 Å². The van der Waals surface area contributed by atoms with Gasteiger partial charge < -0.3 is 38.3 Å². The fourth-order valence-electron chi connectivity index (χ4n) is 2.52. The Morgan fingerprint density at radius 2 is 1.44 bits per heavy atom. The number of thiol groups is 1. The Labute approximate surface area is 191 Å². The average Bonchev–Trinajstić information content (AvgIpc) is 2.71. The zero-order chi connectivity index (χ0) is 25.0. The van der Waals surface area contributed by atoms with Gasteiger partial charge in [0.15, 0.2) is 0 Å². The van der Waals surface area contributed by atoms with Crippen LogP contribution in [0.5, 0.6) is 0 Å². The summed E-state index contributed by atoms with van der Waals surface area (Å²) in [5.41, 5.74) is 15.8. The molecule has 0 aromatic carbocycles. The fraction of sp³-hybridized carbons (Fsp3) is 0.667. The molecule has 0 saturated heterocycles. The molecule has 0 fully saturated rings. The van der Waals surface area contributed by atoms with Gasteiger partial charge in [-0.05, 0) is 12.3 Å². The molecule has 5 unspecified atom stereocenters. The Morgan fingerprint density at radius 1 is 0.906 bits per heavy atom. The summed E-state index contributed by atoms with van der Waals surface area (Å²) in [6, 6.07) is -5.08. The average molecular weight is 477 g/mol. The summed E-state index contributed by atoms with van der Waals surface area (Å²) >= 11 is 3.99. The first-order valence-corrected chi connectivity index (χ1v) is 10.5. The van der Waals surface area contributed by atoms with Crippen LogP contribution in [0.1, 0.15) is 39.5 Å². The number of hydrogen-bond donors (Lipinski definition) is 8. The third kappa shape index (κ3) is 10.4. The quantitative estimate of drug-likeness (QED) is 0.113. The Balaban J connectivity index is 5.29. The summed E-state index contributed by atoms with van der Waals surface area (Å²) in [7, 11) is 0. The molecule has 0 aliphatic heterocycles. The van der Waals surface area contributed by atoms with E-state index < -0.39 is 72.0 Å². The van der Waals surface area contributed by atoms with Gasteiger partial charge in [0.1, 0.15) is 18.1 Å². The highest BCUT2D eigenvalue weighted by Gasteiger charge is 2.32. The number of amides is 5. The number of nitrogens with two attached hydrogens (primary N) is 3. The predicted molar refractivity (Wildman–Crippen MR) is 117 cm³/mol. The summed E-state index contributed by atoms with van der Waals surface area (Å²) in [4.78, 5) is 70.9. The molecule has 0 saturated carbocycles. The van der Waals surface area contributed by atoms with Gasteiger partial charge in [0.05, 0.1) is 12.5 Å². The van der Waals surface area contributed by atoms with Crippen LogP contribution in [0.3, 0.4) is 0 Å². The van der Waals surface area contributed by atoms with E-state index in [0.717, 1.165) is 0 Å². The number of hydrogen-bond acceptors (Lipinski definition) is 8. The molecule has 0 aromatic heterocycles. The lowest BCUT2D eigenvalue weighted by atomic mass is 9.98. The number of carboxylic acid groups (broad SMARTS) is 1. The SMILES string of the molecule is CCC(C)C(NC(=O)C(CC(N)=O)NC(=O)C(CS)NC(=O)C(N)CCC(N)=O)C(=O)O. The van der Waals surface area contributed by atoms with E-state index >= 15 is 0 Å². The first kappa shape index (κ1) is 29.1. The van der Waals surface area contributed by atoms with Crippen LogP contribution in [0.15, 0.2) is 0 Å². The van der Waals surface area contributed by atoms with Crippen molar-refractivity contribution in [2.45, 2.75) is 63.7 Å². The number of primary amides is 2. The van der Waals surface area contributed by atoms with Crippen molar-refractivity contribution in [3.63, 3.8) is 0 Å². The predicted octanol–water partition coefficient (Wildman–Crippen LogP) is -3.03. The monoisotopic (exact) mass is 476 g/mol. The van der Waals surface area contributed by atoms with Gasteiger partial charge in [0, 0.05) is 12.2 Å². The lowest BCUT2D eigenvalue weighted by molar-refractivity contribution is -0.144. The normalized spacial score (nSPS) is 15.4. The standard InChI is InChI=1S/C18H32N6O7S/c1-3-8(2)14(18(30)31)24-16(28)10(6-13(21)26)22-17(29)11(7-32)23-15(27)9(19)4-5-12(20)25/h8-11,14,32H,3-7,19H2,1-2H3,(H2,20,25)(H2,21,26)(H,22,29)(H,23,27)(H,24,28)(H,30,31). The third-order valence-electron chi connectivity index (χ3n) is 4.67. The lowest BCUT2D eigenvalue weighted by Gasteiger charge is -2.25. The number of nitrogens with one attached hydrogen (secondary N) is 3. The Bertz CT molecular complexity index is 720. The van der Waals surface area contributed by atoms with Crippen molar-refractivity contribution in [1.82, 2.24) is 16.0 Å². The van der Waals surface area contributed by atoms with Crippen LogP contribution in [-0.4, -0.2) is 70.5 Å². The molecule has 0 radical (unpaired) electrons. The van der Waals surface area contributed by atoms with Gasteiger partial charge in [-0.1, -0.05) is 20.3 Å². The van der Waals surface area contributed by atoms with Gasteiger partial charge in [-0.15, -0.1) is 0 Å². The van der Waals surface area contributed by atoms with E-state index in [2.05, 4.69) is 28.6 Å². The summed E-state index contributed by atoms with van der Waals surface area (Å²) in [5.74, 6) is -5.99. The summed E-state index contributed by atoms with van der Waals surface area (Å²) < 4.78 is 0. The van der Waals surface area contributed by atoms with Crippen molar-refractivity contribution >= 4 is 48.1 Å². The van der Waals surface area contributed by atoms with E-state index in [0.29, 0.717) is 6.42 Å². The maximum Gasteiger partial charge on any atom is 0.326 e. The van der Waals surface area contributed by atoms with E-state index in [1.807, 2.05) is 0 Å². The number of carboxylic acids is 1. The molecule has 5 amide bonds. The van der Waals surface area contributed by atoms with Gasteiger partial charge in [-0.2, -0.15) is 12.6 Å². The van der Waals surface area contributed by atoms with Crippen LogP contribution in [0, 0.1) is 5.92 Å². The Hall–Kier alpha value is -2.87. The molecule has 13 nitrogen and oxygen atoms in total. The van der Waals surface area contributed by atoms with Crippen molar-refractivity contribution in [1.29, 1.82) is 0 Å².